The zero-order valence-corrected chi connectivity index (χ0v) is 16.7. The number of anilines is 1. The Morgan fingerprint density at radius 3 is 2.75 bits per heavy atom. The lowest BCUT2D eigenvalue weighted by molar-refractivity contribution is -0.113. The second-order valence-electron chi connectivity index (χ2n) is 5.34. The third kappa shape index (κ3) is 5.30. The lowest BCUT2D eigenvalue weighted by atomic mass is 10.3. The van der Waals surface area contributed by atoms with Crippen LogP contribution in [0.15, 0.2) is 47.6 Å². The first kappa shape index (κ1) is 19.8. The number of nitrogens with one attached hydrogen (secondary N) is 1. The number of carbonyl (C=O) groups excluding carboxylic acids is 1. The van der Waals surface area contributed by atoms with Gasteiger partial charge in [0.25, 0.3) is 0 Å². The largest absolute Gasteiger partial charge is 0.497 e. The molecule has 2 aromatic heterocycles. The molecule has 0 fully saturated rings. The molecule has 0 saturated carbocycles. The van der Waals surface area contributed by atoms with Gasteiger partial charge in [-0.15, -0.1) is 27.0 Å². The zero-order valence-electron chi connectivity index (χ0n) is 15.1. The second kappa shape index (κ2) is 9.85. The Balaban J connectivity index is 1.60. The van der Waals surface area contributed by atoms with E-state index in [2.05, 4.69) is 32.3 Å². The van der Waals surface area contributed by atoms with Crippen LogP contribution in [0.1, 0.15) is 5.82 Å². The van der Waals surface area contributed by atoms with E-state index in [9.17, 15) is 4.79 Å². The predicted molar refractivity (Wildman–Crippen MR) is 107 cm³/mol. The number of hydrogen-bond acceptors (Lipinski definition) is 9. The molecule has 0 saturated heterocycles. The molecule has 2 heterocycles. The number of rotatable bonds is 10. The molecule has 0 unspecified atom stereocenters. The van der Waals surface area contributed by atoms with Gasteiger partial charge in [-0.05, 0) is 24.3 Å². The summed E-state index contributed by atoms with van der Waals surface area (Å²) in [7, 11) is 1.61. The van der Waals surface area contributed by atoms with Crippen LogP contribution in [0, 0.1) is 0 Å². The van der Waals surface area contributed by atoms with E-state index in [-0.39, 0.29) is 18.3 Å². The van der Waals surface area contributed by atoms with E-state index in [1.807, 2.05) is 28.8 Å². The number of nitrogens with zero attached hydrogens (tertiary/aromatic N) is 5. The van der Waals surface area contributed by atoms with E-state index in [0.29, 0.717) is 28.4 Å². The van der Waals surface area contributed by atoms with Crippen molar-refractivity contribution in [1.82, 2.24) is 25.0 Å². The van der Waals surface area contributed by atoms with E-state index in [1.165, 1.54) is 23.1 Å². The highest BCUT2D eigenvalue weighted by molar-refractivity contribution is 7.99. The van der Waals surface area contributed by atoms with Crippen LogP contribution < -0.4 is 14.8 Å². The van der Waals surface area contributed by atoms with Gasteiger partial charge in [-0.25, -0.2) is 0 Å². The SMILES string of the molecule is C=CCn1c(COc2ccc(OC)cc2)nnc1SCC(=O)Nc1nncs1. The van der Waals surface area contributed by atoms with Gasteiger partial charge in [-0.3, -0.25) is 14.7 Å². The summed E-state index contributed by atoms with van der Waals surface area (Å²) in [5, 5.41) is 19.6. The number of amides is 1. The lowest BCUT2D eigenvalue weighted by Crippen LogP contribution is -2.15. The van der Waals surface area contributed by atoms with Crippen molar-refractivity contribution in [2.24, 2.45) is 0 Å². The van der Waals surface area contributed by atoms with Crippen LogP contribution in [0.4, 0.5) is 5.13 Å². The molecule has 3 rings (SSSR count). The summed E-state index contributed by atoms with van der Waals surface area (Å²) >= 11 is 2.54. The van der Waals surface area contributed by atoms with Crippen molar-refractivity contribution in [2.75, 3.05) is 18.2 Å². The maximum absolute atomic E-state index is 12.0. The molecule has 0 aliphatic carbocycles. The minimum atomic E-state index is -0.189. The van der Waals surface area contributed by atoms with Crippen molar-refractivity contribution in [1.29, 1.82) is 0 Å². The van der Waals surface area contributed by atoms with Crippen molar-refractivity contribution in [3.8, 4) is 11.5 Å². The van der Waals surface area contributed by atoms with Gasteiger partial charge in [0, 0.05) is 6.54 Å². The van der Waals surface area contributed by atoms with E-state index in [4.69, 9.17) is 9.47 Å². The lowest BCUT2D eigenvalue weighted by Gasteiger charge is -2.09. The van der Waals surface area contributed by atoms with E-state index >= 15 is 0 Å². The molecular formula is C17H18N6O3S2. The molecule has 0 aliphatic rings. The first-order valence-corrected chi connectivity index (χ1v) is 10.0. The fourth-order valence-corrected chi connectivity index (χ4v) is 3.41. The molecule has 146 valence electrons. The van der Waals surface area contributed by atoms with Crippen LogP contribution in [0.25, 0.3) is 0 Å². The summed E-state index contributed by atoms with van der Waals surface area (Å²) in [4.78, 5) is 12.0. The molecule has 1 amide bonds. The van der Waals surface area contributed by atoms with Crippen molar-refractivity contribution in [2.45, 2.75) is 18.3 Å². The normalized spacial score (nSPS) is 10.5. The average Bonchev–Trinajstić information content (AvgIpc) is 3.35. The van der Waals surface area contributed by atoms with Gasteiger partial charge in [0.1, 0.15) is 23.6 Å². The number of allylic oxidation sites excluding steroid dienone is 1. The van der Waals surface area contributed by atoms with Crippen LogP contribution in [-0.2, 0) is 17.9 Å². The Kier molecular flexibility index (Phi) is 6.98. The molecule has 0 aliphatic heterocycles. The summed E-state index contributed by atoms with van der Waals surface area (Å²) in [6, 6.07) is 7.28. The zero-order chi connectivity index (χ0) is 19.8. The third-order valence-electron chi connectivity index (χ3n) is 3.47. The first-order chi connectivity index (χ1) is 13.7. The quantitative estimate of drug-likeness (QED) is 0.396. The summed E-state index contributed by atoms with van der Waals surface area (Å²) in [6.45, 7) is 4.52. The van der Waals surface area contributed by atoms with Gasteiger partial charge >= 0.3 is 0 Å². The maximum Gasteiger partial charge on any atom is 0.236 e. The standard InChI is InChI=1S/C17H18N6O3S2/c1-3-8-23-14(9-26-13-6-4-12(25-2)5-7-13)20-22-17(23)27-10-15(24)19-16-21-18-11-28-16/h3-7,11H,1,8-10H2,2H3,(H,19,21,24). The summed E-state index contributed by atoms with van der Waals surface area (Å²) in [6.07, 6.45) is 1.74. The smallest absolute Gasteiger partial charge is 0.236 e. The maximum atomic E-state index is 12.0. The highest BCUT2D eigenvalue weighted by Crippen LogP contribution is 2.21. The van der Waals surface area contributed by atoms with Gasteiger partial charge in [-0.2, -0.15) is 0 Å². The molecule has 0 atom stereocenters. The van der Waals surface area contributed by atoms with Crippen LogP contribution in [0.5, 0.6) is 11.5 Å². The fraction of sp³-hybridized carbons (Fsp3) is 0.235. The van der Waals surface area contributed by atoms with Gasteiger partial charge in [0.15, 0.2) is 11.0 Å². The fourth-order valence-electron chi connectivity index (χ4n) is 2.18. The Morgan fingerprint density at radius 2 is 2.07 bits per heavy atom. The Hall–Kier alpha value is -2.92. The number of benzene rings is 1. The van der Waals surface area contributed by atoms with Gasteiger partial charge in [0.2, 0.25) is 11.0 Å². The molecule has 28 heavy (non-hydrogen) atoms. The third-order valence-corrected chi connectivity index (χ3v) is 5.04. The monoisotopic (exact) mass is 418 g/mol. The summed E-state index contributed by atoms with van der Waals surface area (Å²) < 4.78 is 12.8. The molecule has 0 spiro atoms. The topological polar surface area (TPSA) is 104 Å². The van der Waals surface area contributed by atoms with Crippen molar-refractivity contribution in [3.05, 3.63) is 48.3 Å². The van der Waals surface area contributed by atoms with E-state index < -0.39 is 0 Å². The molecule has 11 heteroatoms. The number of methoxy groups -OCH3 is 1. The molecule has 0 bridgehead atoms. The second-order valence-corrected chi connectivity index (χ2v) is 7.12. The Bertz CT molecular complexity index is 912. The summed E-state index contributed by atoms with van der Waals surface area (Å²) in [5.41, 5.74) is 1.55. The van der Waals surface area contributed by atoms with Crippen LogP contribution >= 0.6 is 23.1 Å². The minimum Gasteiger partial charge on any atom is -0.497 e. The minimum absolute atomic E-state index is 0.175. The highest BCUT2D eigenvalue weighted by atomic mass is 32.2. The number of thioether (sulfide) groups is 1. The molecule has 1 N–H and O–H groups in total. The summed E-state index contributed by atoms with van der Waals surface area (Å²) in [5.74, 6) is 2.08. The Labute approximate surface area is 169 Å². The number of hydrogen-bond donors (Lipinski definition) is 1. The molecule has 0 radical (unpaired) electrons. The first-order valence-electron chi connectivity index (χ1n) is 8.18. The number of aromatic nitrogens is 5. The van der Waals surface area contributed by atoms with Crippen molar-refractivity contribution < 1.29 is 14.3 Å². The molecular weight excluding hydrogens is 400 g/mol. The van der Waals surface area contributed by atoms with Gasteiger partial charge < -0.3 is 9.47 Å². The highest BCUT2D eigenvalue weighted by Gasteiger charge is 2.14. The van der Waals surface area contributed by atoms with Crippen LogP contribution in [0.2, 0.25) is 0 Å². The van der Waals surface area contributed by atoms with Crippen LogP contribution in [-0.4, -0.2) is 43.7 Å². The van der Waals surface area contributed by atoms with Crippen LogP contribution in [0.3, 0.4) is 0 Å². The molecule has 1 aromatic carbocycles. The number of carbonyl (C=O) groups is 1. The van der Waals surface area contributed by atoms with Crippen molar-refractivity contribution >= 4 is 34.1 Å². The van der Waals surface area contributed by atoms with Gasteiger partial charge in [-0.1, -0.05) is 29.2 Å². The van der Waals surface area contributed by atoms with E-state index in [0.717, 1.165) is 5.75 Å². The molecule has 9 nitrogen and oxygen atoms in total. The predicted octanol–water partition coefficient (Wildman–Crippen LogP) is 2.63. The van der Waals surface area contributed by atoms with E-state index in [1.54, 1.807) is 18.7 Å². The molecule has 3 aromatic rings. The van der Waals surface area contributed by atoms with Gasteiger partial charge in [0.05, 0.1) is 12.9 Å². The average molecular weight is 419 g/mol. The van der Waals surface area contributed by atoms with Crippen molar-refractivity contribution in [3.63, 3.8) is 0 Å². The number of ether oxygens (including phenoxy) is 2. The Morgan fingerprint density at radius 1 is 1.29 bits per heavy atom.